The topological polar surface area (TPSA) is 57.5 Å². The van der Waals surface area contributed by atoms with Crippen molar-refractivity contribution in [1.82, 2.24) is 0 Å². The van der Waals surface area contributed by atoms with Crippen LogP contribution in [-0.2, 0) is 4.79 Å². The van der Waals surface area contributed by atoms with Gasteiger partial charge in [0.2, 0.25) is 0 Å². The second-order valence-corrected chi connectivity index (χ2v) is 4.91. The summed E-state index contributed by atoms with van der Waals surface area (Å²) in [5, 5.41) is 16.6. The maximum Gasteiger partial charge on any atom is 0.290 e. The van der Waals surface area contributed by atoms with Gasteiger partial charge in [0.05, 0.1) is 6.10 Å². The Hall–Kier alpha value is -0.570. The van der Waals surface area contributed by atoms with E-state index in [1.54, 1.807) is 0 Å². The fraction of sp³-hybridized carbons (Fsp3) is 0.909. The maximum absolute atomic E-state index is 9.69. The van der Waals surface area contributed by atoms with Crippen molar-refractivity contribution in [3.05, 3.63) is 0 Å². The second kappa shape index (κ2) is 6.02. The monoisotopic (exact) mass is 202 g/mol. The molecule has 0 aromatic rings. The summed E-state index contributed by atoms with van der Waals surface area (Å²) in [7, 11) is 0. The Labute approximate surface area is 86.1 Å². The number of carbonyl (C=O) groups is 1. The van der Waals surface area contributed by atoms with E-state index in [1.165, 1.54) is 19.3 Å². The lowest BCUT2D eigenvalue weighted by molar-refractivity contribution is -0.122. The van der Waals surface area contributed by atoms with Gasteiger partial charge >= 0.3 is 0 Å². The number of carboxylic acid groups (broad SMARTS) is 1. The van der Waals surface area contributed by atoms with E-state index < -0.39 is 0 Å². The summed E-state index contributed by atoms with van der Waals surface area (Å²) in [5.41, 5.74) is 0.365. The third-order valence-corrected chi connectivity index (χ3v) is 2.93. The molecular weight excluding hydrogens is 180 g/mol. The second-order valence-electron chi connectivity index (χ2n) is 4.91. The van der Waals surface area contributed by atoms with Gasteiger partial charge < -0.3 is 10.2 Å². The molecule has 1 saturated carbocycles. The predicted octanol–water partition coefficient (Wildman–Crippen LogP) is 2.28. The lowest BCUT2D eigenvalue weighted by atomic mass is 9.84. The van der Waals surface area contributed by atoms with Crippen molar-refractivity contribution >= 4 is 6.47 Å². The molecule has 0 saturated heterocycles. The molecule has 2 unspecified atom stereocenters. The average Bonchev–Trinajstić information content (AvgIpc) is 2.13. The summed E-state index contributed by atoms with van der Waals surface area (Å²) in [5.74, 6) is 0.511. The first kappa shape index (κ1) is 13.4. The van der Waals surface area contributed by atoms with Gasteiger partial charge in [-0.2, -0.15) is 0 Å². The van der Waals surface area contributed by atoms with Gasteiger partial charge in [-0.1, -0.05) is 27.2 Å². The Morgan fingerprint density at radius 3 is 2.43 bits per heavy atom. The maximum atomic E-state index is 9.69. The quantitative estimate of drug-likeness (QED) is 0.468. The van der Waals surface area contributed by atoms with Crippen LogP contribution in [0, 0.1) is 11.3 Å². The van der Waals surface area contributed by atoms with Crippen molar-refractivity contribution in [3.8, 4) is 0 Å². The zero-order valence-corrected chi connectivity index (χ0v) is 9.36. The first-order valence-electron chi connectivity index (χ1n) is 5.19. The minimum Gasteiger partial charge on any atom is -0.483 e. The van der Waals surface area contributed by atoms with Gasteiger partial charge in [0.1, 0.15) is 0 Å². The van der Waals surface area contributed by atoms with Gasteiger partial charge in [-0.05, 0) is 30.6 Å². The number of rotatable bonds is 0. The van der Waals surface area contributed by atoms with Gasteiger partial charge in [0.15, 0.2) is 0 Å². The molecule has 2 atom stereocenters. The zero-order chi connectivity index (χ0) is 11.2. The van der Waals surface area contributed by atoms with Crippen molar-refractivity contribution in [2.75, 3.05) is 0 Å². The smallest absolute Gasteiger partial charge is 0.290 e. The molecule has 14 heavy (non-hydrogen) atoms. The fourth-order valence-corrected chi connectivity index (χ4v) is 1.96. The van der Waals surface area contributed by atoms with E-state index in [-0.39, 0.29) is 12.6 Å². The Morgan fingerprint density at radius 2 is 1.93 bits per heavy atom. The molecule has 84 valence electrons. The fourth-order valence-electron chi connectivity index (χ4n) is 1.96. The third-order valence-electron chi connectivity index (χ3n) is 2.93. The predicted molar refractivity (Wildman–Crippen MR) is 56.1 cm³/mol. The van der Waals surface area contributed by atoms with E-state index >= 15 is 0 Å². The van der Waals surface area contributed by atoms with Crippen LogP contribution < -0.4 is 0 Å². The molecule has 0 aromatic carbocycles. The minimum atomic E-state index is -0.250. The van der Waals surface area contributed by atoms with Crippen molar-refractivity contribution in [2.45, 2.75) is 52.6 Å². The van der Waals surface area contributed by atoms with Crippen molar-refractivity contribution < 1.29 is 15.0 Å². The van der Waals surface area contributed by atoms with Crippen LogP contribution in [0.25, 0.3) is 0 Å². The number of hydrogen-bond donors (Lipinski definition) is 2. The van der Waals surface area contributed by atoms with Gasteiger partial charge in [-0.15, -0.1) is 0 Å². The molecule has 1 rings (SSSR count). The standard InChI is InChI=1S/C10H20O.CH2O2/c1-8-5-4-6-10(2,3)7-9(8)11;2-1-3/h8-9,11H,4-7H2,1-3H3;1H,(H,2,3). The van der Waals surface area contributed by atoms with Crippen LogP contribution in [0.3, 0.4) is 0 Å². The molecule has 0 heterocycles. The number of aliphatic hydroxyl groups is 1. The van der Waals surface area contributed by atoms with Crippen molar-refractivity contribution in [1.29, 1.82) is 0 Å². The highest BCUT2D eigenvalue weighted by atomic mass is 16.3. The molecule has 3 heteroatoms. The largest absolute Gasteiger partial charge is 0.483 e. The van der Waals surface area contributed by atoms with E-state index in [9.17, 15) is 5.11 Å². The van der Waals surface area contributed by atoms with Crippen LogP contribution in [-0.4, -0.2) is 22.8 Å². The van der Waals surface area contributed by atoms with E-state index in [0.717, 1.165) is 6.42 Å². The summed E-state index contributed by atoms with van der Waals surface area (Å²) in [6.45, 7) is 6.43. The SMILES string of the molecule is CC1CCCC(C)(C)CC1O.O=CO. The van der Waals surface area contributed by atoms with Gasteiger partial charge in [-0.25, -0.2) is 0 Å². The lowest BCUT2D eigenvalue weighted by Gasteiger charge is -2.25. The average molecular weight is 202 g/mol. The Bertz CT molecular complexity index is 166. The van der Waals surface area contributed by atoms with Crippen LogP contribution in [0.2, 0.25) is 0 Å². The van der Waals surface area contributed by atoms with Crippen LogP contribution in [0.4, 0.5) is 0 Å². The molecule has 2 N–H and O–H groups in total. The normalized spacial score (nSPS) is 30.9. The van der Waals surface area contributed by atoms with Gasteiger partial charge in [0.25, 0.3) is 6.47 Å². The van der Waals surface area contributed by atoms with E-state index in [1.807, 2.05) is 0 Å². The lowest BCUT2D eigenvalue weighted by Crippen LogP contribution is -2.22. The molecule has 1 aliphatic rings. The van der Waals surface area contributed by atoms with E-state index in [4.69, 9.17) is 9.90 Å². The van der Waals surface area contributed by atoms with Crippen LogP contribution >= 0.6 is 0 Å². The molecule has 1 fully saturated rings. The first-order valence-corrected chi connectivity index (χ1v) is 5.19. The molecule has 0 aliphatic heterocycles. The van der Waals surface area contributed by atoms with E-state index in [0.29, 0.717) is 11.3 Å². The van der Waals surface area contributed by atoms with Crippen molar-refractivity contribution in [3.63, 3.8) is 0 Å². The molecule has 0 bridgehead atoms. The summed E-state index contributed by atoms with van der Waals surface area (Å²) >= 11 is 0. The highest BCUT2D eigenvalue weighted by Crippen LogP contribution is 2.35. The van der Waals surface area contributed by atoms with Gasteiger partial charge in [-0.3, -0.25) is 4.79 Å². The molecule has 0 radical (unpaired) electrons. The molecule has 0 spiro atoms. The molecule has 0 aromatic heterocycles. The molecule has 0 amide bonds. The van der Waals surface area contributed by atoms with Crippen molar-refractivity contribution in [2.24, 2.45) is 11.3 Å². The van der Waals surface area contributed by atoms with Crippen LogP contribution in [0.5, 0.6) is 0 Å². The zero-order valence-electron chi connectivity index (χ0n) is 9.36. The Balaban J connectivity index is 0.000000500. The highest BCUT2D eigenvalue weighted by molar-refractivity contribution is 5.32. The molecular formula is C11H22O3. The van der Waals surface area contributed by atoms with Gasteiger partial charge in [0, 0.05) is 0 Å². The minimum absolute atomic E-state index is 0.0625. The summed E-state index contributed by atoms with van der Waals surface area (Å²) in [6.07, 6.45) is 4.67. The number of hydrogen-bond acceptors (Lipinski definition) is 2. The summed E-state index contributed by atoms with van der Waals surface area (Å²) in [6, 6.07) is 0. The van der Waals surface area contributed by atoms with Crippen LogP contribution in [0.15, 0.2) is 0 Å². The first-order chi connectivity index (χ1) is 6.43. The summed E-state index contributed by atoms with van der Waals surface area (Å²) < 4.78 is 0. The highest BCUT2D eigenvalue weighted by Gasteiger charge is 2.28. The molecule has 3 nitrogen and oxygen atoms in total. The van der Waals surface area contributed by atoms with Crippen LogP contribution in [0.1, 0.15) is 46.5 Å². The Morgan fingerprint density at radius 1 is 1.43 bits per heavy atom. The third kappa shape index (κ3) is 5.22. The Kier molecular flexibility index (Phi) is 5.77. The number of aliphatic hydroxyl groups excluding tert-OH is 1. The molecule has 1 aliphatic carbocycles. The summed E-state index contributed by atoms with van der Waals surface area (Å²) in [4.78, 5) is 8.36. The van der Waals surface area contributed by atoms with E-state index in [2.05, 4.69) is 20.8 Å².